The zero-order valence-electron chi connectivity index (χ0n) is 12.5. The second-order valence-corrected chi connectivity index (χ2v) is 4.88. The average molecular weight is 284 g/mol. The first-order valence-electron chi connectivity index (χ1n) is 6.87. The van der Waals surface area contributed by atoms with Crippen LogP contribution in [-0.2, 0) is 0 Å². The van der Waals surface area contributed by atoms with Crippen LogP contribution in [0.2, 0.25) is 0 Å². The Morgan fingerprint density at radius 1 is 1.14 bits per heavy atom. The highest BCUT2D eigenvalue weighted by molar-refractivity contribution is 5.99. The zero-order valence-corrected chi connectivity index (χ0v) is 12.5. The number of pyridine rings is 1. The van der Waals surface area contributed by atoms with E-state index in [0.717, 1.165) is 11.3 Å². The fourth-order valence-corrected chi connectivity index (χ4v) is 1.91. The van der Waals surface area contributed by atoms with E-state index in [-0.39, 0.29) is 12.1 Å². The normalized spacial score (nSPS) is 11.8. The van der Waals surface area contributed by atoms with Crippen molar-refractivity contribution in [3.63, 3.8) is 0 Å². The number of aromatic nitrogens is 1. The molecular formula is C16H20N4O. The molecule has 1 aromatic carbocycles. The van der Waals surface area contributed by atoms with Crippen LogP contribution in [-0.4, -0.2) is 18.1 Å². The minimum Gasteiger partial charge on any atom is -0.313 e. The van der Waals surface area contributed by atoms with Gasteiger partial charge in [-0.25, -0.2) is 9.78 Å². The molecule has 0 spiro atoms. The molecule has 0 fully saturated rings. The van der Waals surface area contributed by atoms with E-state index in [4.69, 9.17) is 0 Å². The molecule has 2 aromatic rings. The van der Waals surface area contributed by atoms with Crippen molar-refractivity contribution in [1.82, 2.24) is 10.3 Å². The molecular weight excluding hydrogens is 264 g/mol. The van der Waals surface area contributed by atoms with E-state index in [9.17, 15) is 4.79 Å². The van der Waals surface area contributed by atoms with Gasteiger partial charge in [-0.1, -0.05) is 18.2 Å². The van der Waals surface area contributed by atoms with E-state index in [1.54, 1.807) is 6.20 Å². The Kier molecular flexibility index (Phi) is 4.90. The van der Waals surface area contributed by atoms with E-state index in [1.165, 1.54) is 5.56 Å². The lowest BCUT2D eigenvalue weighted by Gasteiger charge is -2.12. The van der Waals surface area contributed by atoms with E-state index in [1.807, 2.05) is 50.4 Å². The number of aryl methyl sites for hydroxylation is 1. The smallest absolute Gasteiger partial charge is 0.313 e. The van der Waals surface area contributed by atoms with Gasteiger partial charge in [-0.3, -0.25) is 5.32 Å². The number of amides is 2. The topological polar surface area (TPSA) is 66.0 Å². The average Bonchev–Trinajstić information content (AvgIpc) is 2.49. The van der Waals surface area contributed by atoms with Crippen molar-refractivity contribution in [2.45, 2.75) is 19.9 Å². The number of nitrogens with zero attached hydrogens (tertiary/aromatic N) is 1. The lowest BCUT2D eigenvalue weighted by Crippen LogP contribution is -2.20. The quantitative estimate of drug-likeness (QED) is 0.807. The fourth-order valence-electron chi connectivity index (χ4n) is 1.91. The molecule has 3 N–H and O–H groups in total. The zero-order chi connectivity index (χ0) is 15.2. The van der Waals surface area contributed by atoms with Crippen LogP contribution in [0.3, 0.4) is 0 Å². The summed E-state index contributed by atoms with van der Waals surface area (Å²) in [7, 11) is 1.92. The Bertz CT molecular complexity index is 610. The van der Waals surface area contributed by atoms with Gasteiger partial charge >= 0.3 is 6.03 Å². The van der Waals surface area contributed by atoms with Crippen LogP contribution in [0.4, 0.5) is 16.3 Å². The van der Waals surface area contributed by atoms with Gasteiger partial charge in [0.15, 0.2) is 0 Å². The van der Waals surface area contributed by atoms with Crippen molar-refractivity contribution in [3.8, 4) is 0 Å². The van der Waals surface area contributed by atoms with E-state index >= 15 is 0 Å². The number of nitrogens with one attached hydrogen (secondary N) is 3. The van der Waals surface area contributed by atoms with Crippen molar-refractivity contribution < 1.29 is 4.79 Å². The highest BCUT2D eigenvalue weighted by Gasteiger charge is 2.06. The van der Waals surface area contributed by atoms with Crippen LogP contribution in [0, 0.1) is 6.92 Å². The van der Waals surface area contributed by atoms with Gasteiger partial charge in [0.05, 0.1) is 0 Å². The molecule has 2 rings (SSSR count). The van der Waals surface area contributed by atoms with E-state index in [2.05, 4.69) is 27.9 Å². The fraction of sp³-hybridized carbons (Fsp3) is 0.250. The van der Waals surface area contributed by atoms with Crippen molar-refractivity contribution in [2.75, 3.05) is 17.7 Å². The molecule has 0 aliphatic carbocycles. The highest BCUT2D eigenvalue weighted by Crippen LogP contribution is 2.16. The van der Waals surface area contributed by atoms with Gasteiger partial charge in [0.2, 0.25) is 0 Å². The molecule has 5 nitrogen and oxygen atoms in total. The van der Waals surface area contributed by atoms with Crippen molar-refractivity contribution in [2.24, 2.45) is 0 Å². The molecule has 1 heterocycles. The number of hydrogen-bond acceptors (Lipinski definition) is 3. The van der Waals surface area contributed by atoms with E-state index in [0.29, 0.717) is 5.82 Å². The Hall–Kier alpha value is -2.40. The molecule has 1 aromatic heterocycles. The van der Waals surface area contributed by atoms with Gasteiger partial charge < -0.3 is 10.6 Å². The summed E-state index contributed by atoms with van der Waals surface area (Å²) in [6.45, 7) is 3.98. The number of benzene rings is 1. The van der Waals surface area contributed by atoms with Crippen LogP contribution < -0.4 is 16.0 Å². The predicted molar refractivity (Wildman–Crippen MR) is 85.5 cm³/mol. The summed E-state index contributed by atoms with van der Waals surface area (Å²) < 4.78 is 0. The summed E-state index contributed by atoms with van der Waals surface area (Å²) in [6.07, 6.45) is 1.65. The SMILES string of the molecule is CNC(C)c1ccc(NC(=O)Nc2ncccc2C)cc1. The third kappa shape index (κ3) is 4.03. The monoisotopic (exact) mass is 284 g/mol. The predicted octanol–water partition coefficient (Wildman–Crippen LogP) is 3.31. The standard InChI is InChI=1S/C16H20N4O/c1-11-5-4-10-18-15(11)20-16(21)19-14-8-6-13(7-9-14)12(2)17-3/h4-10,12,17H,1-3H3,(H2,18,19,20,21). The molecule has 0 saturated heterocycles. The molecule has 5 heteroatoms. The third-order valence-electron chi connectivity index (χ3n) is 3.34. The van der Waals surface area contributed by atoms with Crippen LogP contribution in [0.15, 0.2) is 42.6 Å². The highest BCUT2D eigenvalue weighted by atomic mass is 16.2. The Balaban J connectivity index is 1.98. The number of carbonyl (C=O) groups is 1. The van der Waals surface area contributed by atoms with Crippen LogP contribution in [0.5, 0.6) is 0 Å². The van der Waals surface area contributed by atoms with E-state index < -0.39 is 0 Å². The van der Waals surface area contributed by atoms with Gasteiger partial charge in [-0.2, -0.15) is 0 Å². The molecule has 0 bridgehead atoms. The summed E-state index contributed by atoms with van der Waals surface area (Å²) in [6, 6.07) is 11.5. The summed E-state index contributed by atoms with van der Waals surface area (Å²) in [5, 5.41) is 8.70. The van der Waals surface area contributed by atoms with Crippen molar-refractivity contribution in [3.05, 3.63) is 53.7 Å². The first-order chi connectivity index (χ1) is 10.1. The lowest BCUT2D eigenvalue weighted by atomic mass is 10.1. The second-order valence-electron chi connectivity index (χ2n) is 4.88. The Morgan fingerprint density at radius 3 is 2.48 bits per heavy atom. The summed E-state index contributed by atoms with van der Waals surface area (Å²) in [5.74, 6) is 0.565. The molecule has 0 radical (unpaired) electrons. The lowest BCUT2D eigenvalue weighted by molar-refractivity contribution is 0.262. The maximum Gasteiger partial charge on any atom is 0.324 e. The summed E-state index contributed by atoms with van der Waals surface area (Å²) >= 11 is 0. The molecule has 21 heavy (non-hydrogen) atoms. The number of carbonyl (C=O) groups excluding carboxylic acids is 1. The molecule has 1 atom stereocenters. The second kappa shape index (κ2) is 6.85. The minimum atomic E-state index is -0.300. The largest absolute Gasteiger partial charge is 0.324 e. The summed E-state index contributed by atoms with van der Waals surface area (Å²) in [4.78, 5) is 16.1. The van der Waals surface area contributed by atoms with Gasteiger partial charge in [0, 0.05) is 17.9 Å². The van der Waals surface area contributed by atoms with Crippen molar-refractivity contribution in [1.29, 1.82) is 0 Å². The van der Waals surface area contributed by atoms with Gasteiger partial charge in [0.25, 0.3) is 0 Å². The van der Waals surface area contributed by atoms with Gasteiger partial charge in [-0.15, -0.1) is 0 Å². The number of rotatable bonds is 4. The van der Waals surface area contributed by atoms with Gasteiger partial charge in [0.1, 0.15) is 5.82 Å². The number of hydrogen-bond donors (Lipinski definition) is 3. The maximum absolute atomic E-state index is 11.9. The molecule has 110 valence electrons. The Labute approximate surface area is 124 Å². The molecule has 2 amide bonds. The molecule has 0 saturated carbocycles. The van der Waals surface area contributed by atoms with Crippen LogP contribution in [0.1, 0.15) is 24.1 Å². The molecule has 1 unspecified atom stereocenters. The molecule has 0 aliphatic rings. The Morgan fingerprint density at radius 2 is 1.86 bits per heavy atom. The van der Waals surface area contributed by atoms with Crippen molar-refractivity contribution >= 4 is 17.5 Å². The van der Waals surface area contributed by atoms with Crippen LogP contribution >= 0.6 is 0 Å². The maximum atomic E-state index is 11.9. The third-order valence-corrected chi connectivity index (χ3v) is 3.34. The first-order valence-corrected chi connectivity index (χ1v) is 6.87. The summed E-state index contributed by atoms with van der Waals surface area (Å²) in [5.41, 5.74) is 2.84. The molecule has 0 aliphatic heterocycles. The number of anilines is 2. The van der Waals surface area contributed by atoms with Crippen LogP contribution in [0.25, 0.3) is 0 Å². The minimum absolute atomic E-state index is 0.282. The first kappa shape index (κ1) is 15.0. The number of urea groups is 1. The van der Waals surface area contributed by atoms with Gasteiger partial charge in [-0.05, 0) is 50.2 Å².